The zero-order valence-corrected chi connectivity index (χ0v) is 17.6. The van der Waals surface area contributed by atoms with Gasteiger partial charge >= 0.3 is 0 Å². The Morgan fingerprint density at radius 2 is 1.97 bits per heavy atom. The van der Waals surface area contributed by atoms with Gasteiger partial charge in [-0.1, -0.05) is 35.9 Å². The van der Waals surface area contributed by atoms with Gasteiger partial charge in [-0.05, 0) is 50.2 Å². The van der Waals surface area contributed by atoms with Gasteiger partial charge in [-0.2, -0.15) is 0 Å². The summed E-state index contributed by atoms with van der Waals surface area (Å²) in [6.07, 6.45) is 13.7. The van der Waals surface area contributed by atoms with E-state index in [2.05, 4.69) is 46.8 Å². The molecule has 2 amide bonds. The highest BCUT2D eigenvalue weighted by molar-refractivity contribution is 5.93. The first kappa shape index (κ1) is 20.5. The lowest BCUT2D eigenvalue weighted by molar-refractivity contribution is -0.133. The molecule has 158 valence electrons. The molecule has 2 aromatic rings. The molecule has 0 fully saturated rings. The number of nitrogens with one attached hydrogen (secondary N) is 2. The summed E-state index contributed by atoms with van der Waals surface area (Å²) in [5.41, 5.74) is 5.11. The Bertz CT molecular complexity index is 970. The Morgan fingerprint density at radius 3 is 2.77 bits per heavy atom. The van der Waals surface area contributed by atoms with Gasteiger partial charge in [0.15, 0.2) is 0 Å². The van der Waals surface area contributed by atoms with Crippen LogP contribution in [-0.2, 0) is 9.59 Å². The standard InChI is InChI=1S/C25H31N3O2/c29-24(26-15-12-19-6-2-1-3-7-19)10-11-25(30)28-16-13-20(14-17-28)22-18-27-23-9-5-4-8-21(22)23/h4-6,8-9,13,18,27H,1-3,7,10-12,14-17H2,(H,26,29). The number of benzene rings is 1. The van der Waals surface area contributed by atoms with Gasteiger partial charge in [-0.3, -0.25) is 9.59 Å². The minimum Gasteiger partial charge on any atom is -0.361 e. The van der Waals surface area contributed by atoms with Crippen LogP contribution in [0.2, 0.25) is 0 Å². The van der Waals surface area contributed by atoms with E-state index in [0.717, 1.165) is 24.8 Å². The zero-order valence-electron chi connectivity index (χ0n) is 17.6. The first-order valence-electron chi connectivity index (χ1n) is 11.2. The monoisotopic (exact) mass is 405 g/mol. The predicted octanol–water partition coefficient (Wildman–Crippen LogP) is 4.57. The summed E-state index contributed by atoms with van der Waals surface area (Å²) in [6, 6.07) is 8.29. The van der Waals surface area contributed by atoms with Crippen molar-refractivity contribution in [3.8, 4) is 0 Å². The van der Waals surface area contributed by atoms with Gasteiger partial charge in [0, 0.05) is 55.1 Å². The van der Waals surface area contributed by atoms with E-state index >= 15 is 0 Å². The van der Waals surface area contributed by atoms with Crippen LogP contribution in [0, 0.1) is 0 Å². The number of amides is 2. The smallest absolute Gasteiger partial charge is 0.223 e. The SMILES string of the molecule is O=C(CCC(=O)N1CC=C(c2c[nH]c3ccccc23)CC1)NCCC1=CCCCC1. The molecule has 30 heavy (non-hydrogen) atoms. The maximum atomic E-state index is 12.5. The highest BCUT2D eigenvalue weighted by Crippen LogP contribution is 2.29. The van der Waals surface area contributed by atoms with E-state index in [4.69, 9.17) is 0 Å². The third-order valence-corrected chi connectivity index (χ3v) is 6.22. The normalized spacial score (nSPS) is 16.9. The molecule has 5 heteroatoms. The number of para-hydroxylation sites is 1. The predicted molar refractivity (Wildman–Crippen MR) is 121 cm³/mol. The Morgan fingerprint density at radius 1 is 1.07 bits per heavy atom. The van der Waals surface area contributed by atoms with E-state index in [9.17, 15) is 9.59 Å². The maximum absolute atomic E-state index is 12.5. The Kier molecular flexibility index (Phi) is 6.67. The highest BCUT2D eigenvalue weighted by Gasteiger charge is 2.20. The molecule has 1 aromatic heterocycles. The maximum Gasteiger partial charge on any atom is 0.223 e. The van der Waals surface area contributed by atoms with E-state index in [0.29, 0.717) is 19.6 Å². The number of fused-ring (bicyclic) bond motifs is 1. The average molecular weight is 406 g/mol. The number of H-pyrrole nitrogens is 1. The Labute approximate surface area is 178 Å². The molecule has 1 aliphatic carbocycles. The third-order valence-electron chi connectivity index (χ3n) is 6.22. The minimum atomic E-state index is -0.0215. The van der Waals surface area contributed by atoms with Crippen molar-refractivity contribution in [3.05, 3.63) is 53.8 Å². The molecule has 5 nitrogen and oxygen atoms in total. The van der Waals surface area contributed by atoms with Crippen LogP contribution in [0.1, 0.15) is 56.9 Å². The van der Waals surface area contributed by atoms with Crippen LogP contribution in [0.15, 0.2) is 48.2 Å². The molecular weight excluding hydrogens is 374 g/mol. The molecule has 0 unspecified atom stereocenters. The molecular formula is C25H31N3O2. The second-order valence-electron chi connectivity index (χ2n) is 8.28. The van der Waals surface area contributed by atoms with Gasteiger partial charge in [0.25, 0.3) is 0 Å². The first-order chi connectivity index (χ1) is 14.7. The first-order valence-corrected chi connectivity index (χ1v) is 11.2. The minimum absolute atomic E-state index is 0.0215. The average Bonchev–Trinajstić information content (AvgIpc) is 3.22. The largest absolute Gasteiger partial charge is 0.361 e. The van der Waals surface area contributed by atoms with Crippen LogP contribution in [-0.4, -0.2) is 41.3 Å². The fourth-order valence-corrected chi connectivity index (χ4v) is 4.44. The van der Waals surface area contributed by atoms with Gasteiger partial charge in [0.05, 0.1) is 0 Å². The number of carbonyl (C=O) groups excluding carboxylic acids is 2. The molecule has 1 aliphatic heterocycles. The van der Waals surface area contributed by atoms with E-state index in [1.165, 1.54) is 41.4 Å². The van der Waals surface area contributed by atoms with Crippen molar-refractivity contribution < 1.29 is 9.59 Å². The van der Waals surface area contributed by atoms with E-state index in [-0.39, 0.29) is 24.7 Å². The van der Waals surface area contributed by atoms with Gasteiger partial charge in [0.1, 0.15) is 0 Å². The van der Waals surface area contributed by atoms with Gasteiger partial charge in [-0.25, -0.2) is 0 Å². The molecule has 2 N–H and O–H groups in total. The Hall–Kier alpha value is -2.82. The second-order valence-corrected chi connectivity index (χ2v) is 8.28. The molecule has 0 bridgehead atoms. The lowest BCUT2D eigenvalue weighted by atomic mass is 9.97. The van der Waals surface area contributed by atoms with Crippen molar-refractivity contribution in [2.24, 2.45) is 0 Å². The number of aromatic nitrogens is 1. The van der Waals surface area contributed by atoms with Gasteiger partial charge in [0.2, 0.25) is 11.8 Å². The molecule has 0 saturated carbocycles. The summed E-state index contributed by atoms with van der Waals surface area (Å²) in [6.45, 7) is 2.00. The molecule has 2 heterocycles. The molecule has 0 spiro atoms. The molecule has 0 radical (unpaired) electrons. The second kappa shape index (κ2) is 9.79. The fourth-order valence-electron chi connectivity index (χ4n) is 4.44. The summed E-state index contributed by atoms with van der Waals surface area (Å²) in [4.78, 5) is 29.8. The number of aromatic amines is 1. The summed E-state index contributed by atoms with van der Waals surface area (Å²) in [5, 5.41) is 4.19. The number of carbonyl (C=O) groups is 2. The van der Waals surface area contributed by atoms with Crippen LogP contribution in [0.4, 0.5) is 0 Å². The molecule has 0 atom stereocenters. The summed E-state index contributed by atoms with van der Waals surface area (Å²) >= 11 is 0. The fraction of sp³-hybridized carbons (Fsp3) is 0.440. The Balaban J connectivity index is 1.21. The van der Waals surface area contributed by atoms with Crippen LogP contribution in [0.5, 0.6) is 0 Å². The molecule has 0 saturated heterocycles. The zero-order chi connectivity index (χ0) is 20.8. The quantitative estimate of drug-likeness (QED) is 0.663. The number of allylic oxidation sites excluding steroid dienone is 1. The molecule has 4 rings (SSSR count). The van der Waals surface area contributed by atoms with Crippen molar-refractivity contribution in [1.82, 2.24) is 15.2 Å². The lowest BCUT2D eigenvalue weighted by Crippen LogP contribution is -2.35. The molecule has 2 aliphatic rings. The number of rotatable bonds is 7. The van der Waals surface area contributed by atoms with Crippen molar-refractivity contribution in [1.29, 1.82) is 0 Å². The van der Waals surface area contributed by atoms with E-state index < -0.39 is 0 Å². The lowest BCUT2D eigenvalue weighted by Gasteiger charge is -2.26. The van der Waals surface area contributed by atoms with Crippen LogP contribution < -0.4 is 5.32 Å². The summed E-state index contributed by atoms with van der Waals surface area (Å²) in [5.74, 6) is 0.0427. The topological polar surface area (TPSA) is 65.2 Å². The molecule has 1 aromatic carbocycles. The van der Waals surface area contributed by atoms with Crippen molar-refractivity contribution in [2.75, 3.05) is 19.6 Å². The van der Waals surface area contributed by atoms with Gasteiger partial charge in [-0.15, -0.1) is 0 Å². The van der Waals surface area contributed by atoms with Crippen LogP contribution in [0.25, 0.3) is 16.5 Å². The van der Waals surface area contributed by atoms with Crippen molar-refractivity contribution in [2.45, 2.75) is 51.4 Å². The van der Waals surface area contributed by atoms with Crippen molar-refractivity contribution >= 4 is 28.3 Å². The summed E-state index contributed by atoms with van der Waals surface area (Å²) in [7, 11) is 0. The summed E-state index contributed by atoms with van der Waals surface area (Å²) < 4.78 is 0. The van der Waals surface area contributed by atoms with Crippen LogP contribution >= 0.6 is 0 Å². The van der Waals surface area contributed by atoms with Crippen LogP contribution in [0.3, 0.4) is 0 Å². The number of nitrogens with zero attached hydrogens (tertiary/aromatic N) is 1. The van der Waals surface area contributed by atoms with E-state index in [1.54, 1.807) is 0 Å². The highest BCUT2D eigenvalue weighted by atomic mass is 16.2. The van der Waals surface area contributed by atoms with Gasteiger partial charge < -0.3 is 15.2 Å². The number of hydrogen-bond acceptors (Lipinski definition) is 2. The number of hydrogen-bond donors (Lipinski definition) is 2. The van der Waals surface area contributed by atoms with E-state index in [1.807, 2.05) is 11.0 Å². The third kappa shape index (κ3) is 5.02. The van der Waals surface area contributed by atoms with Crippen molar-refractivity contribution in [3.63, 3.8) is 0 Å².